The van der Waals surface area contributed by atoms with Crippen LogP contribution < -0.4 is 0 Å². The van der Waals surface area contributed by atoms with Gasteiger partial charge in [0, 0.05) is 23.5 Å². The Bertz CT molecular complexity index is 518. The predicted octanol–water partition coefficient (Wildman–Crippen LogP) is 2.57. The number of aryl methyl sites for hydroxylation is 1. The molecule has 0 aliphatic carbocycles. The highest BCUT2D eigenvalue weighted by atomic mass is 16.1. The van der Waals surface area contributed by atoms with Gasteiger partial charge in [-0.2, -0.15) is 0 Å². The number of nitrogens with zero attached hydrogens (tertiary/aromatic N) is 2. The minimum atomic E-state index is 0.707. The minimum absolute atomic E-state index is 0.707. The number of aldehydes is 1. The molecule has 2 aromatic rings. The molecule has 1 aromatic heterocycles. The van der Waals surface area contributed by atoms with Crippen molar-refractivity contribution in [1.29, 1.82) is 0 Å². The van der Waals surface area contributed by atoms with Crippen LogP contribution in [0.1, 0.15) is 21.7 Å². The Labute approximate surface area is 94.2 Å². The van der Waals surface area contributed by atoms with E-state index in [0.29, 0.717) is 5.56 Å². The molecule has 1 heterocycles. The van der Waals surface area contributed by atoms with Crippen LogP contribution in [0, 0.1) is 13.8 Å². The van der Waals surface area contributed by atoms with Gasteiger partial charge >= 0.3 is 0 Å². The molecule has 0 spiro atoms. The van der Waals surface area contributed by atoms with Gasteiger partial charge in [-0.25, -0.2) is 9.97 Å². The Morgan fingerprint density at radius 3 is 2.44 bits per heavy atom. The highest BCUT2D eigenvalue weighted by Crippen LogP contribution is 2.23. The fourth-order valence-electron chi connectivity index (χ4n) is 1.63. The van der Waals surface area contributed by atoms with E-state index in [2.05, 4.69) is 9.97 Å². The van der Waals surface area contributed by atoms with Crippen LogP contribution in [0.2, 0.25) is 0 Å². The van der Waals surface area contributed by atoms with E-state index < -0.39 is 0 Å². The summed E-state index contributed by atoms with van der Waals surface area (Å²) in [5.41, 5.74) is 3.61. The first-order valence-electron chi connectivity index (χ1n) is 5.06. The number of carbonyl (C=O) groups is 1. The van der Waals surface area contributed by atoms with Crippen LogP contribution in [0.4, 0.5) is 0 Å². The van der Waals surface area contributed by atoms with Gasteiger partial charge in [0.05, 0.1) is 0 Å². The maximum Gasteiger partial charge on any atom is 0.150 e. The van der Waals surface area contributed by atoms with Gasteiger partial charge in [-0.3, -0.25) is 4.79 Å². The molecular formula is C13H12N2O. The second-order valence-corrected chi connectivity index (χ2v) is 3.66. The van der Waals surface area contributed by atoms with Gasteiger partial charge in [0.1, 0.15) is 12.1 Å². The average Bonchev–Trinajstić information content (AvgIpc) is 2.31. The van der Waals surface area contributed by atoms with Crippen molar-refractivity contribution in [1.82, 2.24) is 9.97 Å². The van der Waals surface area contributed by atoms with Crippen molar-refractivity contribution in [2.24, 2.45) is 0 Å². The molecule has 0 fully saturated rings. The Balaban J connectivity index is 2.56. The summed E-state index contributed by atoms with van der Waals surface area (Å²) in [7, 11) is 0. The van der Waals surface area contributed by atoms with E-state index in [-0.39, 0.29) is 0 Å². The van der Waals surface area contributed by atoms with Gasteiger partial charge in [0.2, 0.25) is 0 Å². The fraction of sp³-hybridized carbons (Fsp3) is 0.154. The Kier molecular flexibility index (Phi) is 2.77. The van der Waals surface area contributed by atoms with Crippen LogP contribution in [0.15, 0.2) is 30.6 Å². The van der Waals surface area contributed by atoms with Crippen molar-refractivity contribution < 1.29 is 4.79 Å². The quantitative estimate of drug-likeness (QED) is 0.718. The zero-order valence-electron chi connectivity index (χ0n) is 9.27. The maximum atomic E-state index is 10.8. The molecule has 0 bridgehead atoms. The molecule has 16 heavy (non-hydrogen) atoms. The Hall–Kier alpha value is -2.03. The molecule has 0 unspecified atom stereocenters. The van der Waals surface area contributed by atoms with Crippen molar-refractivity contribution >= 4 is 6.29 Å². The normalized spacial score (nSPS) is 10.1. The molecule has 0 radical (unpaired) electrons. The zero-order valence-corrected chi connectivity index (χ0v) is 9.27. The van der Waals surface area contributed by atoms with E-state index >= 15 is 0 Å². The summed E-state index contributed by atoms with van der Waals surface area (Å²) in [4.78, 5) is 19.1. The second-order valence-electron chi connectivity index (χ2n) is 3.66. The highest BCUT2D eigenvalue weighted by molar-refractivity contribution is 5.82. The molecule has 2 rings (SSSR count). The van der Waals surface area contributed by atoms with Crippen LogP contribution in [-0.2, 0) is 0 Å². The number of aromatic nitrogens is 2. The van der Waals surface area contributed by atoms with Crippen LogP contribution in [0.3, 0.4) is 0 Å². The monoisotopic (exact) mass is 212 g/mol. The van der Waals surface area contributed by atoms with Crippen LogP contribution in [-0.4, -0.2) is 16.3 Å². The minimum Gasteiger partial charge on any atom is -0.298 e. The van der Waals surface area contributed by atoms with Crippen molar-refractivity contribution in [2.45, 2.75) is 13.8 Å². The first-order valence-corrected chi connectivity index (χ1v) is 5.06. The lowest BCUT2D eigenvalue weighted by molar-refractivity contribution is 0.112. The summed E-state index contributed by atoms with van der Waals surface area (Å²) < 4.78 is 0. The molecule has 0 saturated heterocycles. The lowest BCUT2D eigenvalue weighted by atomic mass is 9.99. The predicted molar refractivity (Wildman–Crippen MR) is 62.3 cm³/mol. The standard InChI is InChI=1S/C13H12N2O/c1-9-11(8-16)4-3-5-13(9)12-6-14-10(2)15-7-12/h3-8H,1-2H3. The lowest BCUT2D eigenvalue weighted by Crippen LogP contribution is -1.93. The van der Waals surface area contributed by atoms with Crippen LogP contribution in [0.25, 0.3) is 11.1 Å². The number of hydrogen-bond donors (Lipinski definition) is 0. The van der Waals surface area contributed by atoms with E-state index in [1.165, 1.54) is 0 Å². The molecule has 80 valence electrons. The molecule has 0 atom stereocenters. The zero-order chi connectivity index (χ0) is 11.5. The molecule has 0 saturated carbocycles. The Morgan fingerprint density at radius 1 is 1.12 bits per heavy atom. The summed E-state index contributed by atoms with van der Waals surface area (Å²) in [5.74, 6) is 0.743. The molecule has 3 heteroatoms. The molecule has 0 aliphatic rings. The van der Waals surface area contributed by atoms with E-state index in [1.807, 2.05) is 26.0 Å². The topological polar surface area (TPSA) is 42.9 Å². The van der Waals surface area contributed by atoms with Gasteiger partial charge in [-0.15, -0.1) is 0 Å². The third-order valence-electron chi connectivity index (χ3n) is 2.59. The summed E-state index contributed by atoms with van der Waals surface area (Å²) in [6, 6.07) is 5.64. The smallest absolute Gasteiger partial charge is 0.150 e. The first kappa shape index (κ1) is 10.5. The third kappa shape index (κ3) is 1.84. The van der Waals surface area contributed by atoms with Gasteiger partial charge in [-0.05, 0) is 25.0 Å². The third-order valence-corrected chi connectivity index (χ3v) is 2.59. The largest absolute Gasteiger partial charge is 0.298 e. The van der Waals surface area contributed by atoms with Gasteiger partial charge < -0.3 is 0 Å². The van der Waals surface area contributed by atoms with E-state index in [1.54, 1.807) is 18.5 Å². The van der Waals surface area contributed by atoms with Gasteiger partial charge in [-0.1, -0.05) is 18.2 Å². The highest BCUT2D eigenvalue weighted by Gasteiger charge is 2.05. The number of carbonyl (C=O) groups excluding carboxylic acids is 1. The van der Waals surface area contributed by atoms with Crippen LogP contribution in [0.5, 0.6) is 0 Å². The average molecular weight is 212 g/mol. The van der Waals surface area contributed by atoms with Crippen LogP contribution >= 0.6 is 0 Å². The Morgan fingerprint density at radius 2 is 1.81 bits per heavy atom. The second kappa shape index (κ2) is 4.23. The van der Waals surface area contributed by atoms with Crippen molar-refractivity contribution in [3.63, 3.8) is 0 Å². The molecule has 1 aromatic carbocycles. The van der Waals surface area contributed by atoms with E-state index in [0.717, 1.165) is 28.8 Å². The van der Waals surface area contributed by atoms with Crippen molar-refractivity contribution in [3.05, 3.63) is 47.5 Å². The first-order chi connectivity index (χ1) is 7.72. The van der Waals surface area contributed by atoms with E-state index in [9.17, 15) is 4.79 Å². The molecule has 0 amide bonds. The lowest BCUT2D eigenvalue weighted by Gasteiger charge is -2.07. The summed E-state index contributed by atoms with van der Waals surface area (Å²) in [5, 5.41) is 0. The number of hydrogen-bond acceptors (Lipinski definition) is 3. The summed E-state index contributed by atoms with van der Waals surface area (Å²) >= 11 is 0. The molecule has 0 aliphatic heterocycles. The number of benzene rings is 1. The van der Waals surface area contributed by atoms with E-state index in [4.69, 9.17) is 0 Å². The maximum absolute atomic E-state index is 10.8. The fourth-order valence-corrected chi connectivity index (χ4v) is 1.63. The summed E-state index contributed by atoms with van der Waals surface area (Å²) in [6.07, 6.45) is 4.42. The number of rotatable bonds is 2. The van der Waals surface area contributed by atoms with Crippen molar-refractivity contribution in [2.75, 3.05) is 0 Å². The van der Waals surface area contributed by atoms with Gasteiger partial charge in [0.15, 0.2) is 0 Å². The van der Waals surface area contributed by atoms with Crippen molar-refractivity contribution in [3.8, 4) is 11.1 Å². The van der Waals surface area contributed by atoms with Gasteiger partial charge in [0.25, 0.3) is 0 Å². The summed E-state index contributed by atoms with van der Waals surface area (Å²) in [6.45, 7) is 3.78. The molecule has 0 N–H and O–H groups in total. The SMILES string of the molecule is Cc1ncc(-c2cccc(C=O)c2C)cn1. The molecule has 3 nitrogen and oxygen atoms in total. The molecular weight excluding hydrogens is 200 g/mol.